The fourth-order valence-electron chi connectivity index (χ4n) is 4.70. The van der Waals surface area contributed by atoms with Crippen molar-refractivity contribution in [3.05, 3.63) is 52.9 Å². The molecule has 1 aromatic carbocycles. The number of rotatable bonds is 4. The molecule has 1 atom stereocenters. The van der Waals surface area contributed by atoms with Crippen LogP contribution in [0.1, 0.15) is 24.8 Å². The SMILES string of the molecule is COC1=C2CCN(C(=O)Cc3ccc(N)cc3)C=C2C(N2CCN(C)CC2)CC1. The highest BCUT2D eigenvalue weighted by atomic mass is 16.5. The number of benzene rings is 1. The third-order valence-electron chi connectivity index (χ3n) is 6.47. The molecule has 1 unspecified atom stereocenters. The summed E-state index contributed by atoms with van der Waals surface area (Å²) in [6.45, 7) is 5.06. The molecule has 6 nitrogen and oxygen atoms in total. The van der Waals surface area contributed by atoms with Crippen LogP contribution in [0.25, 0.3) is 0 Å². The second-order valence-corrected chi connectivity index (χ2v) is 8.34. The lowest BCUT2D eigenvalue weighted by molar-refractivity contribution is -0.128. The highest BCUT2D eigenvalue weighted by Gasteiger charge is 2.35. The van der Waals surface area contributed by atoms with Crippen LogP contribution in [0.3, 0.4) is 0 Å². The summed E-state index contributed by atoms with van der Waals surface area (Å²) in [4.78, 5) is 19.9. The van der Waals surface area contributed by atoms with Gasteiger partial charge in [0, 0.05) is 57.1 Å². The molecule has 0 radical (unpaired) electrons. The lowest BCUT2D eigenvalue weighted by Crippen LogP contribution is -2.51. The number of amides is 1. The van der Waals surface area contributed by atoms with Gasteiger partial charge in [-0.25, -0.2) is 0 Å². The fourth-order valence-corrected chi connectivity index (χ4v) is 4.70. The predicted octanol–water partition coefficient (Wildman–Crippen LogP) is 2.24. The van der Waals surface area contributed by atoms with Gasteiger partial charge < -0.3 is 20.3 Å². The van der Waals surface area contributed by atoms with Gasteiger partial charge in [-0.05, 0) is 48.7 Å². The van der Waals surface area contributed by atoms with E-state index < -0.39 is 0 Å². The van der Waals surface area contributed by atoms with E-state index in [9.17, 15) is 4.79 Å². The zero-order valence-electron chi connectivity index (χ0n) is 17.6. The Morgan fingerprint density at radius 1 is 1.10 bits per heavy atom. The van der Waals surface area contributed by atoms with Gasteiger partial charge in [0.15, 0.2) is 0 Å². The number of nitrogens with two attached hydrogens (primary N) is 1. The number of piperazine rings is 1. The maximum Gasteiger partial charge on any atom is 0.230 e. The van der Waals surface area contributed by atoms with Gasteiger partial charge >= 0.3 is 0 Å². The summed E-state index contributed by atoms with van der Waals surface area (Å²) in [6.07, 6.45) is 5.42. The van der Waals surface area contributed by atoms with E-state index in [1.807, 2.05) is 29.2 Å². The monoisotopic (exact) mass is 396 g/mol. The van der Waals surface area contributed by atoms with Gasteiger partial charge in [-0.2, -0.15) is 0 Å². The summed E-state index contributed by atoms with van der Waals surface area (Å²) in [6, 6.07) is 7.96. The van der Waals surface area contributed by atoms with Crippen molar-refractivity contribution in [2.75, 3.05) is 52.6 Å². The van der Waals surface area contributed by atoms with Gasteiger partial charge in [-0.1, -0.05) is 12.1 Å². The number of carbonyl (C=O) groups is 1. The molecule has 4 rings (SSSR count). The van der Waals surface area contributed by atoms with Crippen LogP contribution in [-0.2, 0) is 16.0 Å². The number of hydrogen-bond acceptors (Lipinski definition) is 5. The molecular formula is C23H32N4O2. The van der Waals surface area contributed by atoms with Gasteiger partial charge in [0.25, 0.3) is 0 Å². The topological polar surface area (TPSA) is 62.0 Å². The van der Waals surface area contributed by atoms with Crippen LogP contribution < -0.4 is 5.73 Å². The van der Waals surface area contributed by atoms with Crippen molar-refractivity contribution in [1.82, 2.24) is 14.7 Å². The van der Waals surface area contributed by atoms with Crippen molar-refractivity contribution in [1.29, 1.82) is 0 Å². The first-order valence-electron chi connectivity index (χ1n) is 10.6. The average Bonchev–Trinajstić information content (AvgIpc) is 2.75. The minimum Gasteiger partial charge on any atom is -0.501 e. The standard InChI is InChI=1S/C23H32N4O2/c1-25-11-13-26(14-12-25)21-7-8-22(29-2)19-9-10-27(16-20(19)21)23(28)15-17-3-5-18(24)6-4-17/h3-6,16,21H,7-15,24H2,1-2H3. The summed E-state index contributed by atoms with van der Waals surface area (Å²) in [7, 11) is 3.96. The Hall–Kier alpha value is -2.31. The van der Waals surface area contributed by atoms with E-state index in [1.165, 1.54) is 11.1 Å². The van der Waals surface area contributed by atoms with Gasteiger partial charge in [0.1, 0.15) is 0 Å². The van der Waals surface area contributed by atoms with Crippen molar-refractivity contribution in [3.63, 3.8) is 0 Å². The van der Waals surface area contributed by atoms with Gasteiger partial charge in [-0.3, -0.25) is 9.69 Å². The Balaban J connectivity index is 1.55. The highest BCUT2D eigenvalue weighted by molar-refractivity contribution is 5.80. The molecule has 1 saturated heterocycles. The molecule has 29 heavy (non-hydrogen) atoms. The number of methoxy groups -OCH3 is 1. The Kier molecular flexibility index (Phi) is 5.92. The quantitative estimate of drug-likeness (QED) is 0.791. The van der Waals surface area contributed by atoms with Crippen molar-refractivity contribution >= 4 is 11.6 Å². The van der Waals surface area contributed by atoms with E-state index in [4.69, 9.17) is 10.5 Å². The fraction of sp³-hybridized carbons (Fsp3) is 0.522. The normalized spacial score (nSPS) is 23.6. The first-order chi connectivity index (χ1) is 14.0. The van der Waals surface area contributed by atoms with Crippen LogP contribution in [0.2, 0.25) is 0 Å². The maximum absolute atomic E-state index is 13.0. The number of fused-ring (bicyclic) bond motifs is 1. The molecule has 2 heterocycles. The van der Waals surface area contributed by atoms with E-state index in [2.05, 4.69) is 23.0 Å². The van der Waals surface area contributed by atoms with E-state index in [0.717, 1.165) is 69.0 Å². The molecule has 2 aliphatic heterocycles. The van der Waals surface area contributed by atoms with Crippen molar-refractivity contribution < 1.29 is 9.53 Å². The third kappa shape index (κ3) is 4.33. The molecule has 2 N–H and O–H groups in total. The second kappa shape index (κ2) is 8.59. The lowest BCUT2D eigenvalue weighted by Gasteiger charge is -2.43. The molecular weight excluding hydrogens is 364 g/mol. The van der Waals surface area contributed by atoms with Crippen LogP contribution in [-0.4, -0.2) is 73.5 Å². The second-order valence-electron chi connectivity index (χ2n) is 8.34. The summed E-state index contributed by atoms with van der Waals surface area (Å²) in [5.41, 5.74) is 10.1. The largest absolute Gasteiger partial charge is 0.501 e. The first-order valence-corrected chi connectivity index (χ1v) is 10.6. The van der Waals surface area contributed by atoms with Crippen LogP contribution in [0.5, 0.6) is 0 Å². The zero-order valence-corrected chi connectivity index (χ0v) is 17.6. The summed E-state index contributed by atoms with van der Waals surface area (Å²) >= 11 is 0. The molecule has 156 valence electrons. The molecule has 0 aromatic heterocycles. The van der Waals surface area contributed by atoms with Gasteiger partial charge in [0.05, 0.1) is 19.3 Å². The van der Waals surface area contributed by atoms with Crippen LogP contribution in [0, 0.1) is 0 Å². The number of nitrogen functional groups attached to an aromatic ring is 1. The molecule has 0 spiro atoms. The Bertz CT molecular complexity index is 807. The summed E-state index contributed by atoms with van der Waals surface area (Å²) in [5, 5.41) is 0. The average molecular weight is 397 g/mol. The number of anilines is 1. The molecule has 0 saturated carbocycles. The maximum atomic E-state index is 13.0. The third-order valence-corrected chi connectivity index (χ3v) is 6.47. The highest BCUT2D eigenvalue weighted by Crippen LogP contribution is 2.38. The van der Waals surface area contributed by atoms with Crippen molar-refractivity contribution in [3.8, 4) is 0 Å². The molecule has 6 heteroatoms. The van der Waals surface area contributed by atoms with E-state index >= 15 is 0 Å². The number of likely N-dealkylation sites (N-methyl/N-ethyl adjacent to an activating group) is 1. The van der Waals surface area contributed by atoms with Crippen LogP contribution in [0.15, 0.2) is 47.4 Å². The van der Waals surface area contributed by atoms with Crippen molar-refractivity contribution in [2.24, 2.45) is 0 Å². The van der Waals surface area contributed by atoms with Crippen LogP contribution in [0.4, 0.5) is 5.69 Å². The van der Waals surface area contributed by atoms with Crippen LogP contribution >= 0.6 is 0 Å². The Morgan fingerprint density at radius 3 is 2.52 bits per heavy atom. The summed E-state index contributed by atoms with van der Waals surface area (Å²) < 4.78 is 5.71. The molecule has 1 amide bonds. The van der Waals surface area contributed by atoms with Crippen molar-refractivity contribution in [2.45, 2.75) is 31.7 Å². The molecule has 1 aliphatic carbocycles. The van der Waals surface area contributed by atoms with E-state index in [-0.39, 0.29) is 5.91 Å². The lowest BCUT2D eigenvalue weighted by atomic mass is 9.83. The van der Waals surface area contributed by atoms with E-state index in [1.54, 1.807) is 7.11 Å². The molecule has 3 aliphatic rings. The first kappa shape index (κ1) is 20.0. The summed E-state index contributed by atoms with van der Waals surface area (Å²) in [5.74, 6) is 1.25. The Labute approximate surface area is 173 Å². The molecule has 0 bridgehead atoms. The predicted molar refractivity (Wildman–Crippen MR) is 115 cm³/mol. The zero-order chi connectivity index (χ0) is 20.4. The molecule has 1 aromatic rings. The smallest absolute Gasteiger partial charge is 0.230 e. The molecule has 1 fully saturated rings. The number of allylic oxidation sites excluding steroid dienone is 1. The number of hydrogen-bond donors (Lipinski definition) is 1. The minimum atomic E-state index is 0.142. The minimum absolute atomic E-state index is 0.142. The number of carbonyl (C=O) groups excluding carboxylic acids is 1. The Morgan fingerprint density at radius 2 is 1.83 bits per heavy atom. The number of nitrogens with zero attached hydrogens (tertiary/aromatic N) is 3. The number of ether oxygens (including phenoxy) is 1. The van der Waals surface area contributed by atoms with Gasteiger partial charge in [-0.15, -0.1) is 0 Å². The van der Waals surface area contributed by atoms with Gasteiger partial charge in [0.2, 0.25) is 5.91 Å². The van der Waals surface area contributed by atoms with E-state index in [0.29, 0.717) is 12.5 Å².